The van der Waals surface area contributed by atoms with Gasteiger partial charge in [0.1, 0.15) is 11.6 Å². The highest BCUT2D eigenvalue weighted by molar-refractivity contribution is 6.31. The van der Waals surface area contributed by atoms with Crippen molar-refractivity contribution in [1.29, 1.82) is 0 Å². The summed E-state index contributed by atoms with van der Waals surface area (Å²) in [6, 6.07) is 7.14. The molecule has 1 saturated heterocycles. The van der Waals surface area contributed by atoms with Crippen LogP contribution in [0.1, 0.15) is 63.3 Å². The normalized spacial score (nSPS) is 17.0. The fourth-order valence-electron chi connectivity index (χ4n) is 6.09. The molecule has 1 aliphatic heterocycles. The smallest absolute Gasteiger partial charge is 0.313 e. The summed E-state index contributed by atoms with van der Waals surface area (Å²) >= 11 is 12.6. The first-order valence-corrected chi connectivity index (χ1v) is 14.7. The Hall–Kier alpha value is -3.50. The maximum atomic E-state index is 16.4. The van der Waals surface area contributed by atoms with E-state index in [1.165, 1.54) is 24.3 Å². The molecular weight excluding hydrogens is 585 g/mol. The second kappa shape index (κ2) is 11.0. The van der Waals surface area contributed by atoms with Gasteiger partial charge in [0.25, 0.3) is 5.89 Å². The number of halogens is 4. The Morgan fingerprint density at radius 2 is 1.81 bits per heavy atom. The van der Waals surface area contributed by atoms with Gasteiger partial charge in [-0.25, -0.2) is 13.8 Å². The van der Waals surface area contributed by atoms with Crippen molar-refractivity contribution in [3.63, 3.8) is 0 Å². The van der Waals surface area contributed by atoms with E-state index >= 15 is 4.39 Å². The molecular formula is C30H30Cl2F2N6O2. The van der Waals surface area contributed by atoms with Crippen molar-refractivity contribution in [2.24, 2.45) is 5.41 Å². The minimum absolute atomic E-state index is 0.0154. The monoisotopic (exact) mass is 614 g/mol. The van der Waals surface area contributed by atoms with Crippen molar-refractivity contribution < 1.29 is 18.0 Å². The number of nitrogen functional groups attached to an aromatic ring is 1. The predicted octanol–water partition coefficient (Wildman–Crippen LogP) is 7.22. The van der Waals surface area contributed by atoms with E-state index < -0.39 is 11.6 Å². The summed E-state index contributed by atoms with van der Waals surface area (Å²) in [6.45, 7) is 5.44. The Labute approximate surface area is 251 Å². The molecule has 0 spiro atoms. The van der Waals surface area contributed by atoms with Gasteiger partial charge >= 0.3 is 6.01 Å². The van der Waals surface area contributed by atoms with Gasteiger partial charge in [-0.2, -0.15) is 0 Å². The standard InChI is InChI=1S/C30H30Cl2F2N6O2/c1-30(2)14-39(15-30)22(41)13-18-8-10-19(31)23(34)25(18)40-26(17-9-11-21(33)20(32)12-17)24(28-37-38-29(35)42-28)36-27(40)16-6-4-3-5-7-16/h8-12,16H,3-7,13-15H2,1-2H3,(H2,35,38). The second-order valence-electron chi connectivity index (χ2n) is 11.9. The van der Waals surface area contributed by atoms with Crippen molar-refractivity contribution >= 4 is 35.1 Å². The molecule has 0 unspecified atom stereocenters. The number of hydrogen-bond acceptors (Lipinski definition) is 6. The molecule has 2 aliphatic rings. The lowest BCUT2D eigenvalue weighted by Gasteiger charge is -2.46. The molecule has 12 heteroatoms. The molecule has 8 nitrogen and oxygen atoms in total. The van der Waals surface area contributed by atoms with E-state index in [-0.39, 0.29) is 57.0 Å². The van der Waals surface area contributed by atoms with Gasteiger partial charge in [0.05, 0.1) is 27.8 Å². The van der Waals surface area contributed by atoms with Gasteiger partial charge in [0, 0.05) is 24.6 Å². The van der Waals surface area contributed by atoms with Crippen LogP contribution in [0.4, 0.5) is 14.8 Å². The zero-order chi connectivity index (χ0) is 29.8. The van der Waals surface area contributed by atoms with Crippen LogP contribution in [0.25, 0.3) is 28.5 Å². The van der Waals surface area contributed by atoms with Crippen LogP contribution in [-0.2, 0) is 11.2 Å². The number of nitrogens with two attached hydrogens (primary N) is 1. The van der Waals surface area contributed by atoms with Crippen LogP contribution >= 0.6 is 23.2 Å². The molecule has 2 aromatic heterocycles. The van der Waals surface area contributed by atoms with Gasteiger partial charge in [-0.3, -0.25) is 9.36 Å². The van der Waals surface area contributed by atoms with Gasteiger partial charge < -0.3 is 15.1 Å². The van der Waals surface area contributed by atoms with Crippen molar-refractivity contribution in [2.75, 3.05) is 18.8 Å². The van der Waals surface area contributed by atoms with Crippen molar-refractivity contribution in [3.05, 3.63) is 63.4 Å². The summed E-state index contributed by atoms with van der Waals surface area (Å²) < 4.78 is 38.0. The summed E-state index contributed by atoms with van der Waals surface area (Å²) in [4.78, 5) is 20.1. The van der Waals surface area contributed by atoms with Crippen LogP contribution in [0.5, 0.6) is 0 Å². The summed E-state index contributed by atoms with van der Waals surface area (Å²) in [6.07, 6.45) is 4.64. The molecule has 0 radical (unpaired) electrons. The van der Waals surface area contributed by atoms with Gasteiger partial charge in [-0.1, -0.05) is 67.5 Å². The van der Waals surface area contributed by atoms with Crippen LogP contribution in [-0.4, -0.2) is 43.6 Å². The Morgan fingerprint density at radius 3 is 2.45 bits per heavy atom. The van der Waals surface area contributed by atoms with E-state index in [2.05, 4.69) is 24.0 Å². The Bertz CT molecular complexity index is 1670. The van der Waals surface area contributed by atoms with Gasteiger partial charge in [-0.05, 0) is 48.1 Å². The largest absolute Gasteiger partial charge is 0.402 e. The van der Waals surface area contributed by atoms with Crippen LogP contribution < -0.4 is 5.73 Å². The molecule has 6 rings (SSSR count). The van der Waals surface area contributed by atoms with Crippen LogP contribution in [0.15, 0.2) is 34.7 Å². The molecule has 1 saturated carbocycles. The number of amides is 1. The first-order valence-electron chi connectivity index (χ1n) is 13.9. The van der Waals surface area contributed by atoms with E-state index in [0.29, 0.717) is 35.7 Å². The minimum Gasteiger partial charge on any atom is -0.402 e. The third-order valence-electron chi connectivity index (χ3n) is 8.02. The minimum atomic E-state index is -0.702. The molecule has 1 amide bonds. The van der Waals surface area contributed by atoms with Crippen molar-refractivity contribution in [1.82, 2.24) is 24.6 Å². The number of hydrogen-bond donors (Lipinski definition) is 1. The van der Waals surface area contributed by atoms with Crippen LogP contribution in [0.3, 0.4) is 0 Å². The summed E-state index contributed by atoms with van der Waals surface area (Å²) in [7, 11) is 0. The van der Waals surface area contributed by atoms with Crippen LogP contribution in [0.2, 0.25) is 10.0 Å². The molecule has 4 aromatic rings. The average Bonchev–Trinajstić information content (AvgIpc) is 3.55. The number of aromatic nitrogens is 4. The molecule has 1 aliphatic carbocycles. The highest BCUT2D eigenvalue weighted by Crippen LogP contribution is 2.43. The fourth-order valence-corrected chi connectivity index (χ4v) is 6.42. The number of benzene rings is 2. The van der Waals surface area contributed by atoms with E-state index in [4.69, 9.17) is 38.3 Å². The zero-order valence-electron chi connectivity index (χ0n) is 23.3. The topological polar surface area (TPSA) is 103 Å². The lowest BCUT2D eigenvalue weighted by molar-refractivity contribution is -0.140. The molecule has 0 bridgehead atoms. The number of rotatable bonds is 6. The summed E-state index contributed by atoms with van der Waals surface area (Å²) in [5.74, 6) is -0.904. The number of carbonyl (C=O) groups is 1. The molecule has 3 heterocycles. The number of imidazole rings is 1. The zero-order valence-corrected chi connectivity index (χ0v) is 24.8. The predicted molar refractivity (Wildman–Crippen MR) is 157 cm³/mol. The van der Waals surface area contributed by atoms with Crippen molar-refractivity contribution in [3.8, 4) is 28.5 Å². The van der Waals surface area contributed by atoms with Crippen LogP contribution in [0, 0.1) is 17.0 Å². The maximum absolute atomic E-state index is 16.4. The third-order valence-corrected chi connectivity index (χ3v) is 8.60. The van der Waals surface area contributed by atoms with E-state index in [1.54, 1.807) is 15.5 Å². The molecule has 2 N–H and O–H groups in total. The van der Waals surface area contributed by atoms with E-state index in [1.807, 2.05) is 0 Å². The second-order valence-corrected chi connectivity index (χ2v) is 12.7. The molecule has 2 aromatic carbocycles. The first-order chi connectivity index (χ1) is 20.0. The SMILES string of the molecule is CC1(C)CN(C(=O)Cc2ccc(Cl)c(F)c2-n2c(C3CCCCC3)nc(-c3nnc(N)o3)c2-c2ccc(F)c(Cl)c2)C1. The number of anilines is 1. The summed E-state index contributed by atoms with van der Waals surface area (Å²) in [5.41, 5.74) is 7.37. The quantitative estimate of drug-likeness (QED) is 0.246. The summed E-state index contributed by atoms with van der Waals surface area (Å²) in [5, 5.41) is 7.63. The molecule has 2 fully saturated rings. The van der Waals surface area contributed by atoms with Gasteiger partial charge in [-0.15, -0.1) is 5.10 Å². The Balaban J connectivity index is 1.62. The van der Waals surface area contributed by atoms with E-state index in [0.717, 1.165) is 32.1 Å². The van der Waals surface area contributed by atoms with E-state index in [9.17, 15) is 9.18 Å². The van der Waals surface area contributed by atoms with Gasteiger partial charge in [0.15, 0.2) is 11.5 Å². The number of nitrogens with zero attached hydrogens (tertiary/aromatic N) is 5. The molecule has 220 valence electrons. The van der Waals surface area contributed by atoms with Crippen molar-refractivity contribution in [2.45, 2.75) is 58.3 Å². The molecule has 42 heavy (non-hydrogen) atoms. The highest BCUT2D eigenvalue weighted by Gasteiger charge is 2.38. The third kappa shape index (κ3) is 5.26. The number of carbonyl (C=O) groups excluding carboxylic acids is 1. The Morgan fingerprint density at radius 1 is 1.07 bits per heavy atom. The lowest BCUT2D eigenvalue weighted by atomic mass is 9.84. The Kier molecular flexibility index (Phi) is 7.47. The average molecular weight is 616 g/mol. The highest BCUT2D eigenvalue weighted by atomic mass is 35.5. The maximum Gasteiger partial charge on any atom is 0.313 e. The first kappa shape index (κ1) is 28.6. The lowest BCUT2D eigenvalue weighted by Crippen LogP contribution is -2.55. The van der Waals surface area contributed by atoms with Gasteiger partial charge in [0.2, 0.25) is 5.91 Å². The fraction of sp³-hybridized carbons (Fsp3) is 0.400. The molecule has 0 atom stereocenters. The number of likely N-dealkylation sites (tertiary alicyclic amines) is 1.